The van der Waals surface area contributed by atoms with Gasteiger partial charge in [0, 0.05) is 11.3 Å². The lowest BCUT2D eigenvalue weighted by Crippen LogP contribution is -1.91. The third-order valence-corrected chi connectivity index (χ3v) is 2.11. The summed E-state index contributed by atoms with van der Waals surface area (Å²) in [5.74, 6) is 0.307. The third kappa shape index (κ3) is 2.28. The summed E-state index contributed by atoms with van der Waals surface area (Å²) >= 11 is 4.23. The van der Waals surface area contributed by atoms with E-state index in [1.807, 2.05) is 31.2 Å². The Bertz CT molecular complexity index is 301. The van der Waals surface area contributed by atoms with Crippen LogP contribution in [0, 0.1) is 11.3 Å². The molecule has 0 saturated carbocycles. The highest BCUT2D eigenvalue weighted by molar-refractivity contribution is 7.80. The van der Waals surface area contributed by atoms with E-state index in [1.54, 1.807) is 0 Å². The van der Waals surface area contributed by atoms with Gasteiger partial charge in [0.1, 0.15) is 0 Å². The Hall–Kier alpha value is -0.940. The van der Waals surface area contributed by atoms with E-state index in [0.717, 1.165) is 4.90 Å². The van der Waals surface area contributed by atoms with Gasteiger partial charge in [0.25, 0.3) is 0 Å². The van der Waals surface area contributed by atoms with E-state index in [0.29, 0.717) is 12.3 Å². The van der Waals surface area contributed by atoms with Gasteiger partial charge in [-0.2, -0.15) is 5.26 Å². The summed E-state index contributed by atoms with van der Waals surface area (Å²) in [5, 5.41) is 8.50. The molecule has 0 aliphatic carbocycles. The summed E-state index contributed by atoms with van der Waals surface area (Å²) < 4.78 is 0. The predicted octanol–water partition coefficient (Wildman–Crippen LogP) is 2.99. The first-order valence-corrected chi connectivity index (χ1v) is 4.34. The Morgan fingerprint density at radius 3 is 2.92 bits per heavy atom. The largest absolute Gasteiger partial charge is 0.198 e. The van der Waals surface area contributed by atoms with Crippen LogP contribution in [0.25, 0.3) is 0 Å². The number of thiol groups is 1. The molecule has 0 heterocycles. The van der Waals surface area contributed by atoms with E-state index in [4.69, 9.17) is 5.26 Å². The molecule has 1 rings (SSSR count). The highest BCUT2D eigenvalue weighted by Gasteiger charge is 2.03. The van der Waals surface area contributed by atoms with Crippen molar-refractivity contribution in [1.82, 2.24) is 0 Å². The van der Waals surface area contributed by atoms with E-state index in [-0.39, 0.29) is 0 Å². The lowest BCUT2D eigenvalue weighted by Gasteiger charge is -2.06. The zero-order chi connectivity index (χ0) is 8.97. The van der Waals surface area contributed by atoms with Crippen LogP contribution in [0.2, 0.25) is 0 Å². The highest BCUT2D eigenvalue weighted by Crippen LogP contribution is 2.20. The molecule has 62 valence electrons. The van der Waals surface area contributed by atoms with Crippen LogP contribution in [0.1, 0.15) is 24.8 Å². The second-order valence-electron chi connectivity index (χ2n) is 2.86. The zero-order valence-electron chi connectivity index (χ0n) is 6.99. The van der Waals surface area contributed by atoms with Crippen LogP contribution in [0.5, 0.6) is 0 Å². The molecule has 0 aromatic heterocycles. The van der Waals surface area contributed by atoms with Crippen molar-refractivity contribution in [2.24, 2.45) is 0 Å². The molecule has 0 radical (unpaired) electrons. The lowest BCUT2D eigenvalue weighted by atomic mass is 9.99. The van der Waals surface area contributed by atoms with Gasteiger partial charge in [-0.1, -0.05) is 19.1 Å². The van der Waals surface area contributed by atoms with Crippen LogP contribution >= 0.6 is 12.6 Å². The molecule has 12 heavy (non-hydrogen) atoms. The van der Waals surface area contributed by atoms with Gasteiger partial charge in [0.05, 0.1) is 6.07 Å². The van der Waals surface area contributed by atoms with Crippen molar-refractivity contribution >= 4 is 12.6 Å². The molecule has 0 aliphatic heterocycles. The summed E-state index contributed by atoms with van der Waals surface area (Å²) in [6, 6.07) is 10.1. The van der Waals surface area contributed by atoms with Crippen LogP contribution in [0.15, 0.2) is 29.2 Å². The second kappa shape index (κ2) is 4.18. The van der Waals surface area contributed by atoms with Crippen molar-refractivity contribution in [2.45, 2.75) is 24.2 Å². The number of hydrogen-bond donors (Lipinski definition) is 1. The normalized spacial score (nSPS) is 12.1. The van der Waals surface area contributed by atoms with Gasteiger partial charge < -0.3 is 0 Å². The average molecular weight is 177 g/mol. The van der Waals surface area contributed by atoms with Gasteiger partial charge in [-0.05, 0) is 23.6 Å². The van der Waals surface area contributed by atoms with E-state index >= 15 is 0 Å². The van der Waals surface area contributed by atoms with Crippen molar-refractivity contribution in [2.75, 3.05) is 0 Å². The van der Waals surface area contributed by atoms with Crippen molar-refractivity contribution in [3.63, 3.8) is 0 Å². The standard InChI is InChI=1S/C10H11NS/c1-8(5-6-11)9-3-2-4-10(12)7-9/h2-4,7-8,12H,5H2,1H3. The van der Waals surface area contributed by atoms with Gasteiger partial charge >= 0.3 is 0 Å². The fourth-order valence-electron chi connectivity index (χ4n) is 1.09. The first-order valence-electron chi connectivity index (χ1n) is 3.90. The number of hydrogen-bond acceptors (Lipinski definition) is 2. The quantitative estimate of drug-likeness (QED) is 0.690. The van der Waals surface area contributed by atoms with Gasteiger partial charge in [-0.15, -0.1) is 12.6 Å². The molecular weight excluding hydrogens is 166 g/mol. The first kappa shape index (κ1) is 9.15. The van der Waals surface area contributed by atoms with E-state index in [2.05, 4.69) is 18.7 Å². The van der Waals surface area contributed by atoms with Crippen LogP contribution < -0.4 is 0 Å². The van der Waals surface area contributed by atoms with E-state index < -0.39 is 0 Å². The van der Waals surface area contributed by atoms with Gasteiger partial charge in [0.2, 0.25) is 0 Å². The number of nitrogens with zero attached hydrogens (tertiary/aromatic N) is 1. The topological polar surface area (TPSA) is 23.8 Å². The molecule has 1 unspecified atom stereocenters. The highest BCUT2D eigenvalue weighted by atomic mass is 32.1. The van der Waals surface area contributed by atoms with Crippen LogP contribution in [0.4, 0.5) is 0 Å². The Morgan fingerprint density at radius 2 is 2.33 bits per heavy atom. The molecule has 0 fully saturated rings. The molecule has 0 bridgehead atoms. The minimum atomic E-state index is 0.307. The minimum absolute atomic E-state index is 0.307. The molecular formula is C10H11NS. The minimum Gasteiger partial charge on any atom is -0.198 e. The van der Waals surface area contributed by atoms with Crippen molar-refractivity contribution < 1.29 is 0 Å². The molecule has 0 amide bonds. The summed E-state index contributed by atoms with van der Waals surface area (Å²) in [7, 11) is 0. The predicted molar refractivity (Wildman–Crippen MR) is 52.3 cm³/mol. The SMILES string of the molecule is CC(CC#N)c1cccc(S)c1. The number of nitriles is 1. The second-order valence-corrected chi connectivity index (χ2v) is 3.37. The van der Waals surface area contributed by atoms with Crippen molar-refractivity contribution in [1.29, 1.82) is 5.26 Å². The Labute approximate surface area is 78.4 Å². The van der Waals surface area contributed by atoms with Crippen molar-refractivity contribution in [3.8, 4) is 6.07 Å². The Morgan fingerprint density at radius 1 is 1.58 bits per heavy atom. The maximum Gasteiger partial charge on any atom is 0.0628 e. The smallest absolute Gasteiger partial charge is 0.0628 e. The molecule has 2 heteroatoms. The maximum absolute atomic E-state index is 8.50. The average Bonchev–Trinajstić information content (AvgIpc) is 2.05. The molecule has 1 aromatic rings. The van der Waals surface area contributed by atoms with Gasteiger partial charge in [-0.3, -0.25) is 0 Å². The zero-order valence-corrected chi connectivity index (χ0v) is 7.88. The van der Waals surface area contributed by atoms with Gasteiger partial charge in [-0.25, -0.2) is 0 Å². The van der Waals surface area contributed by atoms with Gasteiger partial charge in [0.15, 0.2) is 0 Å². The molecule has 1 nitrogen and oxygen atoms in total. The fraction of sp³-hybridized carbons (Fsp3) is 0.300. The lowest BCUT2D eigenvalue weighted by molar-refractivity contribution is 0.786. The van der Waals surface area contributed by atoms with Crippen molar-refractivity contribution in [3.05, 3.63) is 29.8 Å². The molecule has 0 saturated heterocycles. The van der Waals surface area contributed by atoms with E-state index in [1.165, 1.54) is 5.56 Å². The molecule has 0 aliphatic rings. The first-order chi connectivity index (χ1) is 5.74. The molecule has 1 atom stereocenters. The summed E-state index contributed by atoms with van der Waals surface area (Å²) in [6.45, 7) is 2.05. The van der Waals surface area contributed by atoms with Crippen LogP contribution in [0.3, 0.4) is 0 Å². The van der Waals surface area contributed by atoms with Crippen LogP contribution in [-0.2, 0) is 0 Å². The fourth-order valence-corrected chi connectivity index (χ4v) is 1.32. The summed E-state index contributed by atoms with van der Waals surface area (Å²) in [4.78, 5) is 0.956. The molecule has 0 N–H and O–H groups in total. The number of rotatable bonds is 2. The van der Waals surface area contributed by atoms with E-state index in [9.17, 15) is 0 Å². The maximum atomic E-state index is 8.50. The third-order valence-electron chi connectivity index (χ3n) is 1.84. The summed E-state index contributed by atoms with van der Waals surface area (Å²) in [6.07, 6.45) is 0.567. The number of benzene rings is 1. The Kier molecular flexibility index (Phi) is 3.19. The molecule has 0 spiro atoms. The summed E-state index contributed by atoms with van der Waals surface area (Å²) in [5.41, 5.74) is 1.18. The molecule has 1 aromatic carbocycles. The monoisotopic (exact) mass is 177 g/mol. The van der Waals surface area contributed by atoms with Crippen LogP contribution in [-0.4, -0.2) is 0 Å². The Balaban J connectivity index is 2.82.